The Hall–Kier alpha value is -1.85. The van der Waals surface area contributed by atoms with E-state index < -0.39 is 0 Å². The zero-order valence-corrected chi connectivity index (χ0v) is 14.9. The van der Waals surface area contributed by atoms with Gasteiger partial charge in [0.2, 0.25) is 5.91 Å². The van der Waals surface area contributed by atoms with Crippen LogP contribution >= 0.6 is 0 Å². The minimum absolute atomic E-state index is 0.0868. The molecule has 1 amide bonds. The van der Waals surface area contributed by atoms with Crippen LogP contribution in [0.25, 0.3) is 6.08 Å². The fourth-order valence-electron chi connectivity index (χ4n) is 2.71. The molecule has 1 aromatic rings. The van der Waals surface area contributed by atoms with Crippen LogP contribution in [0.5, 0.6) is 5.75 Å². The lowest BCUT2D eigenvalue weighted by Crippen LogP contribution is -2.55. The molecule has 0 atom stereocenters. The Morgan fingerprint density at radius 3 is 2.75 bits per heavy atom. The highest BCUT2D eigenvalue weighted by molar-refractivity contribution is 5.92. The van der Waals surface area contributed by atoms with Crippen molar-refractivity contribution >= 4 is 12.0 Å². The largest absolute Gasteiger partial charge is 0.493 e. The van der Waals surface area contributed by atoms with Gasteiger partial charge < -0.3 is 14.8 Å². The lowest BCUT2D eigenvalue weighted by Gasteiger charge is -2.40. The molecule has 0 radical (unpaired) electrons. The van der Waals surface area contributed by atoms with E-state index in [1.807, 2.05) is 31.2 Å². The zero-order valence-electron chi connectivity index (χ0n) is 14.9. The van der Waals surface area contributed by atoms with Crippen LogP contribution in [0, 0.1) is 0 Å². The first-order chi connectivity index (χ1) is 11.5. The predicted molar refractivity (Wildman–Crippen MR) is 96.1 cm³/mol. The van der Waals surface area contributed by atoms with E-state index in [9.17, 15) is 4.79 Å². The Balaban J connectivity index is 1.88. The zero-order chi connectivity index (χ0) is 17.4. The van der Waals surface area contributed by atoms with Crippen molar-refractivity contribution in [1.82, 2.24) is 10.2 Å². The van der Waals surface area contributed by atoms with Crippen LogP contribution < -0.4 is 10.1 Å². The quantitative estimate of drug-likeness (QED) is 0.779. The first-order valence-electron chi connectivity index (χ1n) is 8.53. The molecule has 1 N–H and O–H groups in total. The van der Waals surface area contributed by atoms with Crippen molar-refractivity contribution < 1.29 is 14.3 Å². The summed E-state index contributed by atoms with van der Waals surface area (Å²) in [6, 6.07) is 7.70. The Morgan fingerprint density at radius 2 is 2.04 bits per heavy atom. The lowest BCUT2D eigenvalue weighted by atomic mass is 10.0. The highest BCUT2D eigenvalue weighted by Gasteiger charge is 2.28. The van der Waals surface area contributed by atoms with E-state index in [1.54, 1.807) is 12.2 Å². The summed E-state index contributed by atoms with van der Waals surface area (Å²) in [6.45, 7) is 10.8. The number of nitrogens with one attached hydrogen (secondary N) is 1. The molecular formula is C19H28N2O3. The van der Waals surface area contributed by atoms with E-state index in [4.69, 9.17) is 9.47 Å². The second-order valence-corrected chi connectivity index (χ2v) is 6.43. The van der Waals surface area contributed by atoms with Crippen molar-refractivity contribution in [3.8, 4) is 5.75 Å². The van der Waals surface area contributed by atoms with Gasteiger partial charge in [0.05, 0.1) is 19.8 Å². The molecule has 0 aromatic heterocycles. The molecule has 0 spiro atoms. The van der Waals surface area contributed by atoms with Crippen LogP contribution in [0.2, 0.25) is 0 Å². The molecule has 1 aromatic carbocycles. The summed E-state index contributed by atoms with van der Waals surface area (Å²) >= 11 is 0. The van der Waals surface area contributed by atoms with Gasteiger partial charge in [-0.15, -0.1) is 0 Å². The van der Waals surface area contributed by atoms with E-state index in [0.717, 1.165) is 37.6 Å². The van der Waals surface area contributed by atoms with Crippen LogP contribution in [0.15, 0.2) is 30.3 Å². The van der Waals surface area contributed by atoms with Crippen molar-refractivity contribution in [3.63, 3.8) is 0 Å². The number of carbonyl (C=O) groups is 1. The molecule has 5 nitrogen and oxygen atoms in total. The highest BCUT2D eigenvalue weighted by atomic mass is 16.5. The summed E-state index contributed by atoms with van der Waals surface area (Å²) in [5, 5.41) is 2.99. The SMILES string of the molecule is CCOc1ccccc1/C=C/C(=O)NCC(C)(C)N1CCOCC1. The minimum Gasteiger partial charge on any atom is -0.493 e. The van der Waals surface area contributed by atoms with Crippen molar-refractivity contribution in [2.75, 3.05) is 39.5 Å². The van der Waals surface area contributed by atoms with Gasteiger partial charge in [0.1, 0.15) is 5.75 Å². The van der Waals surface area contributed by atoms with Crippen LogP contribution in [-0.2, 0) is 9.53 Å². The molecule has 0 saturated carbocycles. The summed E-state index contributed by atoms with van der Waals surface area (Å²) in [5.74, 6) is 0.695. The lowest BCUT2D eigenvalue weighted by molar-refractivity contribution is -0.117. The molecule has 1 aliphatic heterocycles. The van der Waals surface area contributed by atoms with Crippen molar-refractivity contribution in [2.24, 2.45) is 0 Å². The van der Waals surface area contributed by atoms with Gasteiger partial charge in [0.15, 0.2) is 0 Å². The minimum atomic E-state index is -0.0948. The number of para-hydroxylation sites is 1. The summed E-state index contributed by atoms with van der Waals surface area (Å²) < 4.78 is 10.9. The number of amides is 1. The Morgan fingerprint density at radius 1 is 1.33 bits per heavy atom. The normalized spacial score (nSPS) is 16.3. The number of ether oxygens (including phenoxy) is 2. The Labute approximate surface area is 144 Å². The van der Waals surface area contributed by atoms with Crippen LogP contribution in [0.3, 0.4) is 0 Å². The molecule has 1 saturated heterocycles. The molecule has 0 aliphatic carbocycles. The average molecular weight is 332 g/mol. The smallest absolute Gasteiger partial charge is 0.244 e. The molecule has 0 bridgehead atoms. The maximum Gasteiger partial charge on any atom is 0.244 e. The summed E-state index contributed by atoms with van der Waals surface area (Å²) in [6.07, 6.45) is 3.36. The number of carbonyl (C=O) groups excluding carboxylic acids is 1. The first-order valence-corrected chi connectivity index (χ1v) is 8.53. The molecule has 132 valence electrons. The second-order valence-electron chi connectivity index (χ2n) is 6.43. The summed E-state index contributed by atoms with van der Waals surface area (Å²) in [7, 11) is 0. The fourth-order valence-corrected chi connectivity index (χ4v) is 2.71. The molecule has 2 rings (SSSR count). The second kappa shape index (κ2) is 8.85. The standard InChI is InChI=1S/C19H28N2O3/c1-4-24-17-8-6-5-7-16(17)9-10-18(22)20-15-19(2,3)21-11-13-23-14-12-21/h5-10H,4,11-15H2,1-3H3,(H,20,22)/b10-9+. The number of rotatable bonds is 7. The summed E-state index contributed by atoms with van der Waals surface area (Å²) in [4.78, 5) is 14.5. The van der Waals surface area contributed by atoms with Crippen LogP contribution in [-0.4, -0.2) is 55.8 Å². The molecular weight excluding hydrogens is 304 g/mol. The van der Waals surface area contributed by atoms with Gasteiger partial charge in [-0.2, -0.15) is 0 Å². The number of hydrogen-bond donors (Lipinski definition) is 1. The van der Waals surface area contributed by atoms with E-state index in [2.05, 4.69) is 24.1 Å². The molecule has 0 unspecified atom stereocenters. The number of hydrogen-bond acceptors (Lipinski definition) is 4. The van der Waals surface area contributed by atoms with Crippen molar-refractivity contribution in [3.05, 3.63) is 35.9 Å². The fraction of sp³-hybridized carbons (Fsp3) is 0.526. The third kappa shape index (κ3) is 5.35. The number of nitrogens with zero attached hydrogens (tertiary/aromatic N) is 1. The summed E-state index contributed by atoms with van der Waals surface area (Å²) in [5.41, 5.74) is 0.818. The Bertz CT molecular complexity index is 563. The van der Waals surface area contributed by atoms with Gasteiger partial charge in [-0.05, 0) is 32.9 Å². The van der Waals surface area contributed by atoms with Gasteiger partial charge in [0.25, 0.3) is 0 Å². The highest BCUT2D eigenvalue weighted by Crippen LogP contribution is 2.19. The predicted octanol–water partition coefficient (Wildman–Crippen LogP) is 2.33. The van der Waals surface area contributed by atoms with E-state index in [1.165, 1.54) is 0 Å². The van der Waals surface area contributed by atoms with Crippen molar-refractivity contribution in [2.45, 2.75) is 26.3 Å². The van der Waals surface area contributed by atoms with Gasteiger partial charge >= 0.3 is 0 Å². The van der Waals surface area contributed by atoms with Gasteiger partial charge in [-0.25, -0.2) is 0 Å². The maximum atomic E-state index is 12.1. The molecule has 1 heterocycles. The third-order valence-electron chi connectivity index (χ3n) is 4.20. The van der Waals surface area contributed by atoms with E-state index in [0.29, 0.717) is 13.2 Å². The molecule has 1 aliphatic rings. The maximum absolute atomic E-state index is 12.1. The third-order valence-corrected chi connectivity index (χ3v) is 4.20. The van der Waals surface area contributed by atoms with E-state index in [-0.39, 0.29) is 11.4 Å². The van der Waals surface area contributed by atoms with Crippen molar-refractivity contribution in [1.29, 1.82) is 0 Å². The van der Waals surface area contributed by atoms with Crippen LogP contribution in [0.1, 0.15) is 26.3 Å². The average Bonchev–Trinajstić information content (AvgIpc) is 2.60. The Kier molecular flexibility index (Phi) is 6.82. The van der Waals surface area contributed by atoms with Gasteiger partial charge in [-0.3, -0.25) is 9.69 Å². The van der Waals surface area contributed by atoms with E-state index >= 15 is 0 Å². The molecule has 24 heavy (non-hydrogen) atoms. The number of benzene rings is 1. The first kappa shape index (κ1) is 18.5. The monoisotopic (exact) mass is 332 g/mol. The van der Waals surface area contributed by atoms with Crippen LogP contribution in [0.4, 0.5) is 0 Å². The molecule has 5 heteroatoms. The van der Waals surface area contributed by atoms with Gasteiger partial charge in [-0.1, -0.05) is 18.2 Å². The topological polar surface area (TPSA) is 50.8 Å². The number of morpholine rings is 1. The van der Waals surface area contributed by atoms with Gasteiger partial charge in [0, 0.05) is 36.8 Å². The molecule has 1 fully saturated rings.